The van der Waals surface area contributed by atoms with Crippen molar-refractivity contribution >= 4 is 0 Å². The van der Waals surface area contributed by atoms with E-state index in [0.29, 0.717) is 0 Å². The molecule has 0 unspecified atom stereocenters. The first kappa shape index (κ1) is 16.8. The molecule has 0 fully saturated rings. The Morgan fingerprint density at radius 3 is 2.40 bits per heavy atom. The van der Waals surface area contributed by atoms with Gasteiger partial charge < -0.3 is 19.7 Å². The van der Waals surface area contributed by atoms with Gasteiger partial charge >= 0.3 is 0 Å². The molecule has 0 atom stereocenters. The Balaban J connectivity index is 2.58. The van der Waals surface area contributed by atoms with E-state index in [9.17, 15) is 0 Å². The van der Waals surface area contributed by atoms with Crippen LogP contribution in [-0.2, 0) is 6.54 Å². The summed E-state index contributed by atoms with van der Waals surface area (Å²) in [4.78, 5) is 2.27. The Labute approximate surface area is 123 Å². The molecule has 0 saturated carbocycles. The average Bonchev–Trinajstić information content (AvgIpc) is 2.37. The first-order chi connectivity index (χ1) is 9.35. The highest BCUT2D eigenvalue weighted by molar-refractivity contribution is 5.40. The van der Waals surface area contributed by atoms with E-state index < -0.39 is 0 Å². The second-order valence-corrected chi connectivity index (χ2v) is 6.09. The molecule has 0 heterocycles. The van der Waals surface area contributed by atoms with E-state index in [2.05, 4.69) is 38.0 Å². The van der Waals surface area contributed by atoms with Crippen LogP contribution < -0.4 is 14.8 Å². The molecule has 0 bridgehead atoms. The van der Waals surface area contributed by atoms with Crippen LogP contribution in [0.2, 0.25) is 0 Å². The Morgan fingerprint density at radius 2 is 1.85 bits per heavy atom. The average molecular weight is 280 g/mol. The monoisotopic (exact) mass is 280 g/mol. The second-order valence-electron chi connectivity index (χ2n) is 6.09. The highest BCUT2D eigenvalue weighted by Gasteiger charge is 2.10. The minimum atomic E-state index is 0.161. The SMILES string of the molecule is COc1ccc(OC)c(CN(C)CCNC(C)(C)C)c1. The number of hydrogen-bond acceptors (Lipinski definition) is 4. The van der Waals surface area contributed by atoms with Crippen LogP contribution in [0.25, 0.3) is 0 Å². The highest BCUT2D eigenvalue weighted by Crippen LogP contribution is 2.24. The maximum atomic E-state index is 5.41. The first-order valence-electron chi connectivity index (χ1n) is 7.00. The molecule has 1 rings (SSSR count). The lowest BCUT2D eigenvalue weighted by Gasteiger charge is -2.24. The Morgan fingerprint density at radius 1 is 1.15 bits per heavy atom. The third-order valence-electron chi connectivity index (χ3n) is 3.08. The zero-order valence-electron chi connectivity index (χ0n) is 13.6. The largest absolute Gasteiger partial charge is 0.497 e. The topological polar surface area (TPSA) is 33.7 Å². The second kappa shape index (κ2) is 7.50. The molecule has 1 aromatic carbocycles. The maximum Gasteiger partial charge on any atom is 0.123 e. The van der Waals surface area contributed by atoms with Gasteiger partial charge in [0.15, 0.2) is 0 Å². The number of methoxy groups -OCH3 is 2. The number of nitrogens with one attached hydrogen (secondary N) is 1. The standard InChI is InChI=1S/C16H28N2O2/c1-16(2,3)17-9-10-18(4)12-13-11-14(19-5)7-8-15(13)20-6/h7-8,11,17H,9-10,12H2,1-6H3. The van der Waals surface area contributed by atoms with Gasteiger partial charge in [-0.25, -0.2) is 0 Å². The number of benzene rings is 1. The fourth-order valence-electron chi connectivity index (χ4n) is 2.00. The summed E-state index contributed by atoms with van der Waals surface area (Å²) < 4.78 is 10.7. The summed E-state index contributed by atoms with van der Waals surface area (Å²) in [6.07, 6.45) is 0. The van der Waals surface area contributed by atoms with Gasteiger partial charge in [0.2, 0.25) is 0 Å². The van der Waals surface area contributed by atoms with Crippen LogP contribution in [0.5, 0.6) is 11.5 Å². The summed E-state index contributed by atoms with van der Waals surface area (Å²) in [6.45, 7) is 9.32. The van der Waals surface area contributed by atoms with Gasteiger partial charge in [0.25, 0.3) is 0 Å². The summed E-state index contributed by atoms with van der Waals surface area (Å²) >= 11 is 0. The van der Waals surface area contributed by atoms with Crippen molar-refractivity contribution in [3.8, 4) is 11.5 Å². The molecular weight excluding hydrogens is 252 g/mol. The van der Waals surface area contributed by atoms with Crippen LogP contribution in [0, 0.1) is 0 Å². The number of ether oxygens (including phenoxy) is 2. The Kier molecular flexibility index (Phi) is 6.30. The quantitative estimate of drug-likeness (QED) is 0.832. The van der Waals surface area contributed by atoms with Crippen molar-refractivity contribution in [1.82, 2.24) is 10.2 Å². The third-order valence-corrected chi connectivity index (χ3v) is 3.08. The lowest BCUT2D eigenvalue weighted by molar-refractivity contribution is 0.297. The van der Waals surface area contributed by atoms with E-state index in [1.54, 1.807) is 14.2 Å². The Bertz CT molecular complexity index is 413. The van der Waals surface area contributed by atoms with Crippen LogP contribution in [-0.4, -0.2) is 44.8 Å². The molecule has 0 aliphatic heterocycles. The van der Waals surface area contributed by atoms with E-state index >= 15 is 0 Å². The molecule has 0 radical (unpaired) electrons. The van der Waals surface area contributed by atoms with Gasteiger partial charge in [-0.3, -0.25) is 0 Å². The van der Waals surface area contributed by atoms with E-state index in [1.165, 1.54) is 0 Å². The van der Waals surface area contributed by atoms with Crippen LogP contribution in [0.4, 0.5) is 0 Å². The van der Waals surface area contributed by atoms with E-state index in [4.69, 9.17) is 9.47 Å². The molecule has 0 aliphatic carbocycles. The summed E-state index contributed by atoms with van der Waals surface area (Å²) in [5, 5.41) is 3.49. The van der Waals surface area contributed by atoms with Crippen molar-refractivity contribution in [3.63, 3.8) is 0 Å². The zero-order valence-corrected chi connectivity index (χ0v) is 13.6. The molecule has 0 spiro atoms. The predicted molar refractivity (Wildman–Crippen MR) is 83.6 cm³/mol. The molecule has 20 heavy (non-hydrogen) atoms. The van der Waals surface area contributed by atoms with Crippen molar-refractivity contribution in [2.45, 2.75) is 32.9 Å². The smallest absolute Gasteiger partial charge is 0.123 e. The maximum absolute atomic E-state index is 5.41. The number of hydrogen-bond donors (Lipinski definition) is 1. The fourth-order valence-corrected chi connectivity index (χ4v) is 2.00. The van der Waals surface area contributed by atoms with Gasteiger partial charge in [-0.15, -0.1) is 0 Å². The molecular formula is C16H28N2O2. The van der Waals surface area contributed by atoms with Crippen LogP contribution in [0.1, 0.15) is 26.3 Å². The molecule has 1 aromatic rings. The molecule has 114 valence electrons. The van der Waals surface area contributed by atoms with Gasteiger partial charge in [-0.05, 0) is 46.0 Å². The first-order valence-corrected chi connectivity index (χ1v) is 7.00. The molecule has 0 aromatic heterocycles. The molecule has 0 aliphatic rings. The van der Waals surface area contributed by atoms with Crippen LogP contribution in [0.3, 0.4) is 0 Å². The fraction of sp³-hybridized carbons (Fsp3) is 0.625. The van der Waals surface area contributed by atoms with E-state index in [1.807, 2.05) is 18.2 Å². The highest BCUT2D eigenvalue weighted by atomic mass is 16.5. The predicted octanol–water partition coefficient (Wildman–Crippen LogP) is 2.52. The molecule has 4 nitrogen and oxygen atoms in total. The van der Waals surface area contributed by atoms with Gasteiger partial charge in [0.05, 0.1) is 14.2 Å². The zero-order chi connectivity index (χ0) is 15.2. The van der Waals surface area contributed by atoms with Crippen LogP contribution >= 0.6 is 0 Å². The normalized spacial score (nSPS) is 11.8. The number of likely N-dealkylation sites (N-methyl/N-ethyl adjacent to an activating group) is 1. The van der Waals surface area contributed by atoms with Crippen molar-refractivity contribution in [2.75, 3.05) is 34.4 Å². The lowest BCUT2D eigenvalue weighted by atomic mass is 10.1. The molecule has 1 N–H and O–H groups in total. The third kappa shape index (κ3) is 5.80. The Hall–Kier alpha value is -1.26. The van der Waals surface area contributed by atoms with E-state index in [-0.39, 0.29) is 5.54 Å². The molecule has 0 amide bonds. The molecule has 0 saturated heterocycles. The summed E-state index contributed by atoms with van der Waals surface area (Å²) in [7, 11) is 5.50. The summed E-state index contributed by atoms with van der Waals surface area (Å²) in [5.74, 6) is 1.77. The van der Waals surface area contributed by atoms with Gasteiger partial charge in [0.1, 0.15) is 11.5 Å². The summed E-state index contributed by atoms with van der Waals surface area (Å²) in [5.41, 5.74) is 1.30. The minimum Gasteiger partial charge on any atom is -0.497 e. The van der Waals surface area contributed by atoms with Crippen molar-refractivity contribution < 1.29 is 9.47 Å². The van der Waals surface area contributed by atoms with Gasteiger partial charge in [-0.2, -0.15) is 0 Å². The number of rotatable bonds is 7. The van der Waals surface area contributed by atoms with E-state index in [0.717, 1.165) is 36.7 Å². The van der Waals surface area contributed by atoms with Crippen LogP contribution in [0.15, 0.2) is 18.2 Å². The van der Waals surface area contributed by atoms with Gasteiger partial charge in [-0.1, -0.05) is 0 Å². The van der Waals surface area contributed by atoms with Gasteiger partial charge in [0, 0.05) is 30.7 Å². The van der Waals surface area contributed by atoms with Crippen molar-refractivity contribution in [3.05, 3.63) is 23.8 Å². The summed E-state index contributed by atoms with van der Waals surface area (Å²) in [6, 6.07) is 5.91. The minimum absolute atomic E-state index is 0.161. The molecule has 4 heteroatoms. The lowest BCUT2D eigenvalue weighted by Crippen LogP contribution is -2.40. The van der Waals surface area contributed by atoms with Crippen molar-refractivity contribution in [2.24, 2.45) is 0 Å². The number of nitrogens with zero attached hydrogens (tertiary/aromatic N) is 1. The van der Waals surface area contributed by atoms with Crippen molar-refractivity contribution in [1.29, 1.82) is 0 Å².